The Bertz CT molecular complexity index is 1980. The van der Waals surface area contributed by atoms with Gasteiger partial charge in [0.25, 0.3) is 5.56 Å². The number of hydrogen-bond acceptors (Lipinski definition) is 8. The van der Waals surface area contributed by atoms with Gasteiger partial charge in [0.15, 0.2) is 0 Å². The lowest BCUT2D eigenvalue weighted by molar-refractivity contribution is -0.133. The van der Waals surface area contributed by atoms with Crippen LogP contribution < -0.4 is 20.9 Å². The lowest BCUT2D eigenvalue weighted by Gasteiger charge is -2.42. The van der Waals surface area contributed by atoms with Crippen molar-refractivity contribution in [2.75, 3.05) is 38.6 Å². The monoisotopic (exact) mass is 684 g/mol. The number of pyridine rings is 2. The summed E-state index contributed by atoms with van der Waals surface area (Å²) in [5.74, 6) is -0.665. The molecule has 3 saturated heterocycles. The molecule has 12 heteroatoms. The number of piperidine rings is 3. The van der Waals surface area contributed by atoms with Gasteiger partial charge < -0.3 is 19.5 Å². The number of amides is 2. The van der Waals surface area contributed by atoms with Crippen LogP contribution in [0.15, 0.2) is 59.8 Å². The van der Waals surface area contributed by atoms with E-state index in [1.165, 1.54) is 16.7 Å². The molecule has 1 atom stereocenters. The summed E-state index contributed by atoms with van der Waals surface area (Å²) < 4.78 is 38.2. The number of imide groups is 1. The van der Waals surface area contributed by atoms with Gasteiger partial charge in [0.05, 0.1) is 12.5 Å². The van der Waals surface area contributed by atoms with Crippen LogP contribution in [0.3, 0.4) is 0 Å². The fourth-order valence-electron chi connectivity index (χ4n) is 7.87. The highest BCUT2D eigenvalue weighted by atomic mass is 19.1. The van der Waals surface area contributed by atoms with Gasteiger partial charge in [-0.25, -0.2) is 8.78 Å². The van der Waals surface area contributed by atoms with Gasteiger partial charge in [-0.1, -0.05) is 6.07 Å². The van der Waals surface area contributed by atoms with Gasteiger partial charge in [0.1, 0.15) is 23.4 Å². The van der Waals surface area contributed by atoms with Crippen molar-refractivity contribution < 1.29 is 23.1 Å². The molecule has 50 heavy (non-hydrogen) atoms. The van der Waals surface area contributed by atoms with Crippen molar-refractivity contribution in [1.29, 1.82) is 0 Å². The van der Waals surface area contributed by atoms with Gasteiger partial charge in [-0.15, -0.1) is 0 Å². The average Bonchev–Trinajstić information content (AvgIpc) is 3.12. The van der Waals surface area contributed by atoms with E-state index in [9.17, 15) is 14.4 Å². The third kappa shape index (κ3) is 6.86. The first kappa shape index (κ1) is 33.8. The van der Waals surface area contributed by atoms with Crippen molar-refractivity contribution in [1.82, 2.24) is 24.7 Å². The van der Waals surface area contributed by atoms with Crippen LogP contribution in [-0.4, -0.2) is 76.5 Å². The van der Waals surface area contributed by atoms with E-state index >= 15 is 8.78 Å². The number of carbonyl (C=O) groups excluding carboxylic acids is 2. The summed E-state index contributed by atoms with van der Waals surface area (Å²) in [4.78, 5) is 45.1. The maximum Gasteiger partial charge on any atom is 0.259 e. The number of anilines is 1. The minimum Gasteiger partial charge on any atom is -0.496 e. The van der Waals surface area contributed by atoms with E-state index in [1.807, 2.05) is 18.2 Å². The number of carbonyl (C=O) groups is 2. The van der Waals surface area contributed by atoms with Crippen molar-refractivity contribution in [2.45, 2.75) is 63.1 Å². The topological polar surface area (TPSA) is 109 Å². The summed E-state index contributed by atoms with van der Waals surface area (Å²) in [7, 11) is 3.23. The van der Waals surface area contributed by atoms with E-state index in [4.69, 9.17) is 4.74 Å². The van der Waals surface area contributed by atoms with Gasteiger partial charge in [-0.05, 0) is 111 Å². The van der Waals surface area contributed by atoms with Crippen LogP contribution in [0, 0.1) is 11.6 Å². The van der Waals surface area contributed by atoms with E-state index < -0.39 is 6.04 Å². The van der Waals surface area contributed by atoms with Gasteiger partial charge in [0.2, 0.25) is 11.8 Å². The number of hydrogen-bond donors (Lipinski definition) is 2. The highest BCUT2D eigenvalue weighted by molar-refractivity contribution is 6.01. The van der Waals surface area contributed by atoms with Crippen LogP contribution in [0.1, 0.15) is 55.6 Å². The zero-order valence-corrected chi connectivity index (χ0v) is 28.4. The first-order chi connectivity index (χ1) is 24.2. The summed E-state index contributed by atoms with van der Waals surface area (Å²) >= 11 is 0. The molecule has 4 aromatic rings. The van der Waals surface area contributed by atoms with Gasteiger partial charge in [0, 0.05) is 61.5 Å². The highest BCUT2D eigenvalue weighted by Crippen LogP contribution is 2.36. The summed E-state index contributed by atoms with van der Waals surface area (Å²) in [5.41, 5.74) is 2.98. The van der Waals surface area contributed by atoms with Crippen LogP contribution >= 0.6 is 0 Å². The normalized spacial score (nSPS) is 19.9. The van der Waals surface area contributed by atoms with Crippen molar-refractivity contribution in [3.8, 4) is 16.9 Å². The number of benzene rings is 2. The molecule has 262 valence electrons. The summed E-state index contributed by atoms with van der Waals surface area (Å²) in [6.07, 6.45) is 9.23. The second kappa shape index (κ2) is 14.3. The summed E-state index contributed by atoms with van der Waals surface area (Å²) in [6, 6.07) is 10.1. The quantitative estimate of drug-likeness (QED) is 0.251. The van der Waals surface area contributed by atoms with E-state index in [-0.39, 0.29) is 41.3 Å². The van der Waals surface area contributed by atoms with Crippen LogP contribution in [0.4, 0.5) is 14.5 Å². The van der Waals surface area contributed by atoms with Crippen LogP contribution in [0.25, 0.3) is 21.9 Å². The number of likely N-dealkylation sites (tertiary alicyclic amines) is 2. The highest BCUT2D eigenvalue weighted by Gasteiger charge is 2.31. The maximum atomic E-state index is 15.8. The van der Waals surface area contributed by atoms with E-state index in [2.05, 4.69) is 25.4 Å². The molecule has 1 unspecified atom stereocenters. The Kier molecular flexibility index (Phi) is 9.65. The lowest BCUT2D eigenvalue weighted by atomic mass is 9.87. The molecule has 2 N–H and O–H groups in total. The van der Waals surface area contributed by atoms with Gasteiger partial charge in [-0.3, -0.25) is 29.6 Å². The van der Waals surface area contributed by atoms with E-state index in [0.717, 1.165) is 57.4 Å². The predicted molar refractivity (Wildman–Crippen MR) is 187 cm³/mol. The Balaban J connectivity index is 0.942. The Morgan fingerprint density at radius 3 is 2.44 bits per heavy atom. The Morgan fingerprint density at radius 1 is 0.940 bits per heavy atom. The molecule has 0 saturated carbocycles. The van der Waals surface area contributed by atoms with Gasteiger partial charge >= 0.3 is 0 Å². The first-order valence-electron chi connectivity index (χ1n) is 17.3. The van der Waals surface area contributed by atoms with Gasteiger partial charge in [-0.2, -0.15) is 0 Å². The molecule has 2 amide bonds. The molecule has 7 rings (SSSR count). The number of fused-ring (bicyclic) bond motifs is 1. The van der Waals surface area contributed by atoms with Crippen LogP contribution in [0.5, 0.6) is 5.75 Å². The first-order valence-corrected chi connectivity index (χ1v) is 17.3. The molecule has 0 aliphatic carbocycles. The predicted octanol–water partition coefficient (Wildman–Crippen LogP) is 4.95. The van der Waals surface area contributed by atoms with E-state index in [0.29, 0.717) is 57.9 Å². The smallest absolute Gasteiger partial charge is 0.259 e. The molecule has 3 aliphatic rings. The largest absolute Gasteiger partial charge is 0.496 e. The van der Waals surface area contributed by atoms with Crippen molar-refractivity contribution >= 4 is 28.3 Å². The van der Waals surface area contributed by atoms with Crippen LogP contribution in [-0.2, 0) is 23.2 Å². The average molecular weight is 685 g/mol. The molecule has 0 bridgehead atoms. The lowest BCUT2D eigenvalue weighted by Crippen LogP contribution is -2.47. The Labute approximate surface area is 289 Å². The number of aryl methyl sites for hydroxylation is 1. The number of rotatable bonds is 8. The maximum absolute atomic E-state index is 15.8. The summed E-state index contributed by atoms with van der Waals surface area (Å²) in [5, 5.41) is 6.57. The third-order valence-electron chi connectivity index (χ3n) is 10.7. The molecule has 5 heterocycles. The van der Waals surface area contributed by atoms with E-state index in [1.54, 1.807) is 38.8 Å². The SMILES string of the molecule is COc1cc(-c2cn(C)c(=O)c3cnccc23)cc(F)c1CN1CCC(N2CCC(c3ccc(NC4CCC(=O)NC4=O)cc3F)CC2)CC1. The van der Waals surface area contributed by atoms with Crippen LogP contribution in [0.2, 0.25) is 0 Å². The zero-order valence-electron chi connectivity index (χ0n) is 28.4. The number of ether oxygens (including phenoxy) is 1. The molecule has 3 fully saturated rings. The molecule has 0 spiro atoms. The Hall–Kier alpha value is -4.68. The molecule has 0 radical (unpaired) electrons. The number of aromatic nitrogens is 2. The standard InChI is InChI=1S/C38H42F2N6O4/c1-44-21-30(28-7-12-41-20-29(28)38(44)49)24-17-32(39)31(35(18-24)50-2)22-45-13-10-26(11-14-45)46-15-8-23(9-16-46)27-4-3-25(19-33(27)40)42-34-5-6-36(47)43-37(34)48/h3-4,7,12,17-21,23,26,34,42H,5-6,8-11,13-16,22H2,1-2H3,(H,43,47,48). The molecular weight excluding hydrogens is 642 g/mol. The fourth-order valence-corrected chi connectivity index (χ4v) is 7.87. The zero-order chi connectivity index (χ0) is 34.9. The number of nitrogens with one attached hydrogen (secondary N) is 2. The second-order valence-corrected chi connectivity index (χ2v) is 13.7. The van der Waals surface area contributed by atoms with Crippen molar-refractivity contribution in [2.24, 2.45) is 7.05 Å². The third-order valence-corrected chi connectivity index (χ3v) is 10.7. The number of nitrogens with zero attached hydrogens (tertiary/aromatic N) is 4. The second-order valence-electron chi connectivity index (χ2n) is 13.7. The minimum atomic E-state index is -0.549. The molecule has 2 aromatic carbocycles. The molecular formula is C38H42F2N6O4. The molecule has 10 nitrogen and oxygen atoms in total. The summed E-state index contributed by atoms with van der Waals surface area (Å²) in [6.45, 7) is 3.90. The minimum absolute atomic E-state index is 0.129. The fraction of sp³-hybridized carbons (Fsp3) is 0.421. The van der Waals surface area contributed by atoms with Crippen molar-refractivity contribution in [3.63, 3.8) is 0 Å². The van der Waals surface area contributed by atoms with Crippen molar-refractivity contribution in [3.05, 3.63) is 88.1 Å². The number of halogens is 2. The Morgan fingerprint density at radius 2 is 1.72 bits per heavy atom. The number of methoxy groups -OCH3 is 1. The molecule has 3 aliphatic heterocycles. The molecule has 2 aromatic heterocycles.